The van der Waals surface area contributed by atoms with Gasteiger partial charge in [0.25, 0.3) is 0 Å². The van der Waals surface area contributed by atoms with E-state index in [2.05, 4.69) is 49.8 Å². The van der Waals surface area contributed by atoms with Gasteiger partial charge in [-0.15, -0.1) is 0 Å². The van der Waals surface area contributed by atoms with Gasteiger partial charge in [0.2, 0.25) is 0 Å². The summed E-state index contributed by atoms with van der Waals surface area (Å²) in [6.07, 6.45) is 0. The molecule has 1 heterocycles. The number of nitrogens with zero attached hydrogens (tertiary/aromatic N) is 3. The zero-order valence-electron chi connectivity index (χ0n) is 12.8. The first-order valence-electron chi connectivity index (χ1n) is 6.73. The number of hydrogen-bond acceptors (Lipinski definition) is 4. The van der Waals surface area contributed by atoms with Crippen LogP contribution in [0.4, 0.5) is 17.3 Å². The second-order valence-electron chi connectivity index (χ2n) is 6.07. The summed E-state index contributed by atoms with van der Waals surface area (Å²) in [6, 6.07) is 10.0. The lowest BCUT2D eigenvalue weighted by Gasteiger charge is -2.23. The van der Waals surface area contributed by atoms with Gasteiger partial charge < -0.3 is 10.6 Å². The Bertz CT molecular complexity index is 614. The van der Waals surface area contributed by atoms with Crippen LogP contribution in [0.25, 0.3) is 0 Å². The van der Waals surface area contributed by atoms with Gasteiger partial charge in [0.15, 0.2) is 0 Å². The van der Waals surface area contributed by atoms with Crippen LogP contribution < -0.4 is 10.6 Å². The minimum Gasteiger partial charge on any atom is -0.384 e. The first-order chi connectivity index (χ1) is 9.29. The molecule has 0 atom stereocenters. The number of para-hydroxylation sites is 1. The zero-order chi connectivity index (χ0) is 14.9. The fourth-order valence-electron chi connectivity index (χ4n) is 2.02. The molecule has 20 heavy (non-hydrogen) atoms. The molecular formula is C16H22N4. The summed E-state index contributed by atoms with van der Waals surface area (Å²) >= 11 is 0. The molecule has 0 unspecified atom stereocenters. The van der Waals surface area contributed by atoms with Crippen molar-refractivity contribution < 1.29 is 0 Å². The number of aryl methyl sites for hydroxylation is 1. The Kier molecular flexibility index (Phi) is 3.66. The number of anilines is 3. The highest BCUT2D eigenvalue weighted by Gasteiger charge is 2.20. The SMILES string of the molecule is Cc1ccccc1N(C)c1cc(N)nc(C(C)(C)C)n1. The fraction of sp³-hybridized carbons (Fsp3) is 0.375. The average molecular weight is 270 g/mol. The molecule has 4 heteroatoms. The molecule has 4 nitrogen and oxygen atoms in total. The molecule has 2 N–H and O–H groups in total. The number of aromatic nitrogens is 2. The summed E-state index contributed by atoms with van der Waals surface area (Å²) in [5.74, 6) is 2.07. The molecule has 0 amide bonds. The number of nitrogen functional groups attached to an aromatic ring is 1. The molecule has 2 aromatic rings. The molecule has 1 aromatic heterocycles. The van der Waals surface area contributed by atoms with Crippen LogP contribution in [0, 0.1) is 6.92 Å². The van der Waals surface area contributed by atoms with Crippen LogP contribution >= 0.6 is 0 Å². The highest BCUT2D eigenvalue weighted by molar-refractivity contribution is 5.64. The lowest BCUT2D eigenvalue weighted by molar-refractivity contribution is 0.546. The van der Waals surface area contributed by atoms with E-state index in [0.717, 1.165) is 17.3 Å². The Balaban J connectivity index is 2.48. The maximum Gasteiger partial charge on any atom is 0.138 e. The molecule has 0 spiro atoms. The maximum absolute atomic E-state index is 5.93. The first-order valence-corrected chi connectivity index (χ1v) is 6.73. The molecular weight excluding hydrogens is 248 g/mol. The minimum atomic E-state index is -0.128. The Hall–Kier alpha value is -2.10. The Morgan fingerprint density at radius 1 is 1.10 bits per heavy atom. The lowest BCUT2D eigenvalue weighted by atomic mass is 9.96. The molecule has 106 valence electrons. The number of rotatable bonds is 2. The summed E-state index contributed by atoms with van der Waals surface area (Å²) < 4.78 is 0. The topological polar surface area (TPSA) is 55.0 Å². The highest BCUT2D eigenvalue weighted by atomic mass is 15.2. The van der Waals surface area contributed by atoms with Gasteiger partial charge in [-0.05, 0) is 18.6 Å². The van der Waals surface area contributed by atoms with E-state index in [9.17, 15) is 0 Å². The number of benzene rings is 1. The standard InChI is InChI=1S/C16H22N4/c1-11-8-6-7-9-12(11)20(5)14-10-13(17)18-15(19-14)16(2,3)4/h6-10H,1-5H3,(H2,17,18,19). The van der Waals surface area contributed by atoms with Gasteiger partial charge in [0.1, 0.15) is 17.5 Å². The van der Waals surface area contributed by atoms with Crippen LogP contribution in [0.5, 0.6) is 0 Å². The Labute approximate surface area is 120 Å². The Morgan fingerprint density at radius 2 is 1.75 bits per heavy atom. The molecule has 0 fully saturated rings. The summed E-state index contributed by atoms with van der Waals surface area (Å²) in [4.78, 5) is 11.0. The first kappa shape index (κ1) is 14.3. The zero-order valence-corrected chi connectivity index (χ0v) is 12.8. The van der Waals surface area contributed by atoms with Crippen LogP contribution in [0.1, 0.15) is 32.2 Å². The largest absolute Gasteiger partial charge is 0.384 e. The van der Waals surface area contributed by atoms with Gasteiger partial charge in [-0.3, -0.25) is 0 Å². The van der Waals surface area contributed by atoms with Crippen LogP contribution in [0.15, 0.2) is 30.3 Å². The third kappa shape index (κ3) is 2.90. The van der Waals surface area contributed by atoms with Gasteiger partial charge >= 0.3 is 0 Å². The van der Waals surface area contributed by atoms with E-state index in [4.69, 9.17) is 5.73 Å². The minimum absolute atomic E-state index is 0.128. The van der Waals surface area contributed by atoms with E-state index < -0.39 is 0 Å². The van der Waals surface area contributed by atoms with Crippen molar-refractivity contribution in [3.8, 4) is 0 Å². The molecule has 0 aliphatic rings. The van der Waals surface area contributed by atoms with E-state index in [-0.39, 0.29) is 5.41 Å². The fourth-order valence-corrected chi connectivity index (χ4v) is 2.02. The van der Waals surface area contributed by atoms with Crippen LogP contribution in [0.3, 0.4) is 0 Å². The van der Waals surface area contributed by atoms with Gasteiger partial charge in [-0.2, -0.15) is 0 Å². The normalized spacial score (nSPS) is 11.4. The molecule has 0 aliphatic carbocycles. The predicted molar refractivity (Wildman–Crippen MR) is 84.4 cm³/mol. The van der Waals surface area contributed by atoms with Gasteiger partial charge in [-0.1, -0.05) is 39.0 Å². The van der Waals surface area contributed by atoms with Crippen molar-refractivity contribution in [2.24, 2.45) is 0 Å². The van der Waals surface area contributed by atoms with Crippen molar-refractivity contribution >= 4 is 17.3 Å². The average Bonchev–Trinajstić information content (AvgIpc) is 2.37. The molecule has 2 rings (SSSR count). The van der Waals surface area contributed by atoms with Crippen molar-refractivity contribution in [2.45, 2.75) is 33.1 Å². The molecule has 0 saturated heterocycles. The monoisotopic (exact) mass is 270 g/mol. The Morgan fingerprint density at radius 3 is 2.35 bits per heavy atom. The van der Waals surface area contributed by atoms with Gasteiger partial charge in [0.05, 0.1) is 0 Å². The second-order valence-corrected chi connectivity index (χ2v) is 6.07. The van der Waals surface area contributed by atoms with E-state index in [1.54, 1.807) is 0 Å². The third-order valence-corrected chi connectivity index (χ3v) is 3.22. The van der Waals surface area contributed by atoms with E-state index in [0.29, 0.717) is 5.82 Å². The van der Waals surface area contributed by atoms with Crippen molar-refractivity contribution in [2.75, 3.05) is 17.7 Å². The second kappa shape index (κ2) is 5.12. The molecule has 1 aromatic carbocycles. The molecule has 0 aliphatic heterocycles. The maximum atomic E-state index is 5.93. The molecule has 0 bridgehead atoms. The van der Waals surface area contributed by atoms with E-state index >= 15 is 0 Å². The van der Waals surface area contributed by atoms with Crippen molar-refractivity contribution in [1.82, 2.24) is 9.97 Å². The van der Waals surface area contributed by atoms with Crippen molar-refractivity contribution in [3.63, 3.8) is 0 Å². The smallest absolute Gasteiger partial charge is 0.138 e. The van der Waals surface area contributed by atoms with Gasteiger partial charge in [0, 0.05) is 24.2 Å². The number of hydrogen-bond donors (Lipinski definition) is 1. The molecule has 0 radical (unpaired) electrons. The molecule has 0 saturated carbocycles. The summed E-state index contributed by atoms with van der Waals surface area (Å²) in [5, 5.41) is 0. The summed E-state index contributed by atoms with van der Waals surface area (Å²) in [6.45, 7) is 8.33. The van der Waals surface area contributed by atoms with Crippen LogP contribution in [-0.4, -0.2) is 17.0 Å². The van der Waals surface area contributed by atoms with Crippen molar-refractivity contribution in [1.29, 1.82) is 0 Å². The summed E-state index contributed by atoms with van der Waals surface area (Å²) in [7, 11) is 2.00. The third-order valence-electron chi connectivity index (χ3n) is 3.22. The highest BCUT2D eigenvalue weighted by Crippen LogP contribution is 2.28. The van der Waals surface area contributed by atoms with Crippen LogP contribution in [-0.2, 0) is 5.41 Å². The number of nitrogens with two attached hydrogens (primary N) is 1. The lowest BCUT2D eigenvalue weighted by Crippen LogP contribution is -2.20. The van der Waals surface area contributed by atoms with Crippen LogP contribution in [0.2, 0.25) is 0 Å². The summed E-state index contributed by atoms with van der Waals surface area (Å²) in [5.41, 5.74) is 8.12. The van der Waals surface area contributed by atoms with E-state index in [1.807, 2.05) is 30.1 Å². The van der Waals surface area contributed by atoms with E-state index in [1.165, 1.54) is 5.56 Å². The predicted octanol–water partition coefficient (Wildman–Crippen LogP) is 3.43. The quantitative estimate of drug-likeness (QED) is 0.908. The van der Waals surface area contributed by atoms with Crippen molar-refractivity contribution in [3.05, 3.63) is 41.7 Å². The van der Waals surface area contributed by atoms with Gasteiger partial charge in [-0.25, -0.2) is 9.97 Å².